The summed E-state index contributed by atoms with van der Waals surface area (Å²) < 4.78 is 5.96. The second-order valence-electron chi connectivity index (χ2n) is 6.36. The monoisotopic (exact) mass is 267 g/mol. The molecule has 3 aliphatic rings. The number of carboxylic acids is 1. The molecule has 2 saturated carbocycles. The molecule has 0 aromatic rings. The number of hydrogen-bond acceptors (Lipinski definition) is 3. The van der Waals surface area contributed by atoms with Gasteiger partial charge < -0.3 is 15.2 Å². The van der Waals surface area contributed by atoms with Crippen molar-refractivity contribution >= 4 is 11.9 Å². The molecule has 1 unspecified atom stereocenters. The smallest absolute Gasteiger partial charge is 0.306 e. The summed E-state index contributed by atoms with van der Waals surface area (Å²) in [5.41, 5.74) is -0.199. The molecule has 1 amide bonds. The van der Waals surface area contributed by atoms with Gasteiger partial charge in [-0.2, -0.15) is 0 Å². The van der Waals surface area contributed by atoms with Crippen molar-refractivity contribution in [2.45, 2.75) is 56.7 Å². The zero-order chi connectivity index (χ0) is 13.5. The lowest BCUT2D eigenvalue weighted by Crippen LogP contribution is -2.47. The maximum atomic E-state index is 11.6. The van der Waals surface area contributed by atoms with E-state index in [0.717, 1.165) is 12.8 Å². The molecule has 0 aromatic carbocycles. The van der Waals surface area contributed by atoms with Crippen molar-refractivity contribution in [1.29, 1.82) is 0 Å². The van der Waals surface area contributed by atoms with E-state index >= 15 is 0 Å². The standard InChI is InChI=1S/C14H21NO4/c16-12(5-9-1-2-9)15-8-11-3-4-14(19-11)6-10(7-14)13(17)18/h9-11H,1-8H2,(H,15,16)(H,17,18). The van der Waals surface area contributed by atoms with Crippen LogP contribution in [-0.2, 0) is 14.3 Å². The number of rotatable bonds is 5. The van der Waals surface area contributed by atoms with Crippen LogP contribution in [0, 0.1) is 11.8 Å². The van der Waals surface area contributed by atoms with Crippen molar-refractivity contribution in [3.8, 4) is 0 Å². The first-order chi connectivity index (χ1) is 9.06. The summed E-state index contributed by atoms with van der Waals surface area (Å²) in [5.74, 6) is -0.207. The Morgan fingerprint density at radius 3 is 2.63 bits per heavy atom. The summed E-state index contributed by atoms with van der Waals surface area (Å²) in [7, 11) is 0. The lowest BCUT2D eigenvalue weighted by Gasteiger charge is -2.42. The number of carboxylic acid groups (broad SMARTS) is 1. The Bertz CT molecular complexity index is 385. The summed E-state index contributed by atoms with van der Waals surface area (Å²) in [6, 6.07) is 0. The summed E-state index contributed by atoms with van der Waals surface area (Å²) in [6.45, 7) is 0.574. The van der Waals surface area contributed by atoms with Crippen LogP contribution in [0.1, 0.15) is 44.9 Å². The molecule has 1 atom stereocenters. The van der Waals surface area contributed by atoms with Gasteiger partial charge in [0.25, 0.3) is 0 Å². The Morgan fingerprint density at radius 1 is 1.26 bits per heavy atom. The molecule has 2 N–H and O–H groups in total. The van der Waals surface area contributed by atoms with E-state index in [1.165, 1.54) is 12.8 Å². The highest BCUT2D eigenvalue weighted by molar-refractivity contribution is 5.76. The van der Waals surface area contributed by atoms with Crippen LogP contribution in [-0.4, -0.2) is 35.2 Å². The van der Waals surface area contributed by atoms with Crippen LogP contribution in [0.25, 0.3) is 0 Å². The van der Waals surface area contributed by atoms with Gasteiger partial charge in [-0.1, -0.05) is 0 Å². The van der Waals surface area contributed by atoms with E-state index in [1.54, 1.807) is 0 Å². The van der Waals surface area contributed by atoms with Crippen LogP contribution in [0.5, 0.6) is 0 Å². The number of carbonyl (C=O) groups excluding carboxylic acids is 1. The third kappa shape index (κ3) is 2.91. The molecule has 3 rings (SSSR count). The second-order valence-corrected chi connectivity index (χ2v) is 6.36. The molecule has 19 heavy (non-hydrogen) atoms. The zero-order valence-corrected chi connectivity index (χ0v) is 11.1. The molecule has 0 aromatic heterocycles. The molecule has 5 heteroatoms. The normalized spacial score (nSPS) is 37.1. The minimum Gasteiger partial charge on any atom is -0.481 e. The van der Waals surface area contributed by atoms with Crippen molar-refractivity contribution in [2.75, 3.05) is 6.54 Å². The summed E-state index contributed by atoms with van der Waals surface area (Å²) in [5, 5.41) is 11.8. The van der Waals surface area contributed by atoms with E-state index in [4.69, 9.17) is 9.84 Å². The molecule has 3 fully saturated rings. The molecule has 106 valence electrons. The largest absolute Gasteiger partial charge is 0.481 e. The number of ether oxygens (including phenoxy) is 1. The first-order valence-corrected chi connectivity index (χ1v) is 7.24. The first kappa shape index (κ1) is 12.9. The molecule has 1 saturated heterocycles. The highest BCUT2D eigenvalue weighted by Gasteiger charge is 2.52. The topological polar surface area (TPSA) is 75.6 Å². The van der Waals surface area contributed by atoms with E-state index in [2.05, 4.69) is 5.32 Å². The van der Waals surface area contributed by atoms with E-state index < -0.39 is 5.97 Å². The first-order valence-electron chi connectivity index (χ1n) is 7.24. The third-order valence-electron chi connectivity index (χ3n) is 4.62. The average molecular weight is 267 g/mol. The van der Waals surface area contributed by atoms with Crippen LogP contribution >= 0.6 is 0 Å². The number of nitrogens with one attached hydrogen (secondary N) is 1. The predicted molar refractivity (Wildman–Crippen MR) is 67.5 cm³/mol. The predicted octanol–water partition coefficient (Wildman–Crippen LogP) is 1.32. The van der Waals surface area contributed by atoms with Crippen molar-refractivity contribution in [1.82, 2.24) is 5.32 Å². The van der Waals surface area contributed by atoms with E-state index in [1.807, 2.05) is 0 Å². The van der Waals surface area contributed by atoms with Gasteiger partial charge in [-0.25, -0.2) is 0 Å². The van der Waals surface area contributed by atoms with Crippen molar-refractivity contribution < 1.29 is 19.4 Å². The molecule has 5 nitrogen and oxygen atoms in total. The van der Waals surface area contributed by atoms with Crippen LogP contribution < -0.4 is 5.32 Å². The molecule has 0 radical (unpaired) electrons. The summed E-state index contributed by atoms with van der Waals surface area (Å²) >= 11 is 0. The van der Waals surface area contributed by atoms with Gasteiger partial charge in [-0.05, 0) is 44.4 Å². The molecule has 1 spiro atoms. The van der Waals surface area contributed by atoms with Gasteiger partial charge in [-0.15, -0.1) is 0 Å². The number of carbonyl (C=O) groups is 2. The molecule has 1 heterocycles. The number of aliphatic carboxylic acids is 1. The summed E-state index contributed by atoms with van der Waals surface area (Å²) in [6.07, 6.45) is 6.22. The van der Waals surface area contributed by atoms with E-state index in [0.29, 0.717) is 31.7 Å². The van der Waals surface area contributed by atoms with Gasteiger partial charge in [0.1, 0.15) is 0 Å². The fourth-order valence-electron chi connectivity index (χ4n) is 3.24. The number of amides is 1. The Kier molecular flexibility index (Phi) is 3.25. The lowest BCUT2D eigenvalue weighted by molar-refractivity contribution is -0.165. The lowest BCUT2D eigenvalue weighted by atomic mass is 9.69. The number of hydrogen-bond donors (Lipinski definition) is 2. The van der Waals surface area contributed by atoms with Crippen LogP contribution in [0.2, 0.25) is 0 Å². The van der Waals surface area contributed by atoms with Crippen LogP contribution in [0.4, 0.5) is 0 Å². The van der Waals surface area contributed by atoms with Crippen molar-refractivity contribution in [3.63, 3.8) is 0 Å². The SMILES string of the molecule is O=C(CC1CC1)NCC1CCC2(CC(C(=O)O)C2)O1. The average Bonchev–Trinajstić information content (AvgIpc) is 3.01. The van der Waals surface area contributed by atoms with Gasteiger partial charge in [0.2, 0.25) is 5.91 Å². The van der Waals surface area contributed by atoms with E-state index in [9.17, 15) is 9.59 Å². The van der Waals surface area contributed by atoms with Crippen LogP contribution in [0.3, 0.4) is 0 Å². The van der Waals surface area contributed by atoms with Gasteiger partial charge in [0, 0.05) is 13.0 Å². The molecular weight excluding hydrogens is 246 g/mol. The molecular formula is C14H21NO4. The Hall–Kier alpha value is -1.10. The Morgan fingerprint density at radius 2 is 2.00 bits per heavy atom. The highest BCUT2D eigenvalue weighted by Crippen LogP contribution is 2.49. The van der Waals surface area contributed by atoms with Gasteiger partial charge >= 0.3 is 5.97 Å². The highest BCUT2D eigenvalue weighted by atomic mass is 16.5. The maximum Gasteiger partial charge on any atom is 0.306 e. The fraction of sp³-hybridized carbons (Fsp3) is 0.857. The van der Waals surface area contributed by atoms with Gasteiger partial charge in [-0.3, -0.25) is 9.59 Å². The van der Waals surface area contributed by atoms with Crippen molar-refractivity contribution in [3.05, 3.63) is 0 Å². The van der Waals surface area contributed by atoms with Crippen molar-refractivity contribution in [2.24, 2.45) is 11.8 Å². The third-order valence-corrected chi connectivity index (χ3v) is 4.62. The molecule has 0 bridgehead atoms. The minimum atomic E-state index is -0.713. The minimum absolute atomic E-state index is 0.0675. The Labute approximate surface area is 112 Å². The summed E-state index contributed by atoms with van der Waals surface area (Å²) in [4.78, 5) is 22.4. The van der Waals surface area contributed by atoms with E-state index in [-0.39, 0.29) is 23.5 Å². The van der Waals surface area contributed by atoms with Crippen LogP contribution in [0.15, 0.2) is 0 Å². The quantitative estimate of drug-likeness (QED) is 0.787. The fourth-order valence-corrected chi connectivity index (χ4v) is 3.24. The van der Waals surface area contributed by atoms with Gasteiger partial charge in [0.15, 0.2) is 0 Å². The molecule has 1 aliphatic heterocycles. The maximum absolute atomic E-state index is 11.6. The zero-order valence-electron chi connectivity index (χ0n) is 11.1. The Balaban J connectivity index is 1.38. The molecule has 2 aliphatic carbocycles. The second kappa shape index (κ2) is 4.78. The van der Waals surface area contributed by atoms with Gasteiger partial charge in [0.05, 0.1) is 17.6 Å².